The Labute approximate surface area is 336 Å². The Hall–Kier alpha value is -2.22. The second kappa shape index (κ2) is 19.2. The van der Waals surface area contributed by atoms with E-state index >= 15 is 0 Å². The molecule has 0 unspecified atom stereocenters. The van der Waals surface area contributed by atoms with Gasteiger partial charge in [0.2, 0.25) is 0 Å². The van der Waals surface area contributed by atoms with E-state index < -0.39 is 0 Å². The third kappa shape index (κ3) is 11.1. The fourth-order valence-electron chi connectivity index (χ4n) is 7.20. The number of halogens is 2. The van der Waals surface area contributed by atoms with E-state index in [1.165, 1.54) is 104 Å². The maximum absolute atomic E-state index is 2.37. The molecule has 0 bridgehead atoms. The van der Waals surface area contributed by atoms with E-state index in [2.05, 4.69) is 165 Å². The van der Waals surface area contributed by atoms with Crippen molar-refractivity contribution in [1.82, 2.24) is 0 Å². The third-order valence-corrected chi connectivity index (χ3v) is 10.0. The van der Waals surface area contributed by atoms with E-state index in [-0.39, 0.29) is 35.7 Å². The summed E-state index contributed by atoms with van der Waals surface area (Å²) >= 11 is 1.74. The molecule has 0 heterocycles. The van der Waals surface area contributed by atoms with Crippen molar-refractivity contribution in [2.75, 3.05) is 0 Å². The topological polar surface area (TPSA) is 0 Å². The average molecular weight is 811 g/mol. The van der Waals surface area contributed by atoms with Crippen molar-refractivity contribution in [2.24, 2.45) is 0 Å². The molecule has 0 atom stereocenters. The molecule has 6 aromatic rings. The largest absolute Gasteiger partial charge is 1.00 e. The Bertz CT molecular complexity index is 1990. The summed E-state index contributed by atoms with van der Waals surface area (Å²) in [6.45, 7) is 20.3. The van der Waals surface area contributed by atoms with Gasteiger partial charge in [0.25, 0.3) is 0 Å². The summed E-state index contributed by atoms with van der Waals surface area (Å²) < 4.78 is 0. The molecule has 1 saturated carbocycles. The van der Waals surface area contributed by atoms with Crippen LogP contribution in [0.25, 0.3) is 43.8 Å². The molecule has 0 nitrogen and oxygen atoms in total. The van der Waals surface area contributed by atoms with Crippen LogP contribution in [0.15, 0.2) is 103 Å². The molecular formula is C47H56Cl2SiZr-2. The summed E-state index contributed by atoms with van der Waals surface area (Å²) in [6.07, 6.45) is 6.97. The molecule has 1 aliphatic rings. The first-order chi connectivity index (χ1) is 23.3. The standard InChI is InChI=1S/C23H25.C22H25.C2H6Si.2ClH.Zr/c1-16-14-22-17(2)8-13-21(23(22)15-16)20-11-9-19(10-12-20)18-6-4-3-5-7-18;1-15(2)18-13-17-7-6-8-20(21(17)14-18)16-9-11-19(12-10-16)22(3,4)5;1-3-2;;;/h8-15,18H,3-7H2,1-2H3;6-15H,1-5H3;1-2H3;2*1H;/q2*-1;;;;+2/p-2. The van der Waals surface area contributed by atoms with Crippen LogP contribution < -0.4 is 24.8 Å². The molecule has 4 heteroatoms. The van der Waals surface area contributed by atoms with Gasteiger partial charge in [0.1, 0.15) is 0 Å². The molecule has 0 aliphatic heterocycles. The number of aryl methyl sites for hydroxylation is 2. The van der Waals surface area contributed by atoms with Gasteiger partial charge in [0.05, 0.1) is 0 Å². The molecule has 6 aromatic carbocycles. The Morgan fingerprint density at radius 3 is 1.84 bits per heavy atom. The predicted octanol–water partition coefficient (Wildman–Crippen LogP) is 8.33. The molecule has 0 saturated heterocycles. The zero-order chi connectivity index (χ0) is 35.3. The Morgan fingerprint density at radius 1 is 0.706 bits per heavy atom. The van der Waals surface area contributed by atoms with E-state index in [0.717, 1.165) is 5.92 Å². The molecule has 0 radical (unpaired) electrons. The van der Waals surface area contributed by atoms with Crippen molar-refractivity contribution in [3.05, 3.63) is 131 Å². The van der Waals surface area contributed by atoms with Crippen LogP contribution >= 0.6 is 0 Å². The van der Waals surface area contributed by atoms with Crippen LogP contribution in [0.1, 0.15) is 106 Å². The molecule has 0 amide bonds. The van der Waals surface area contributed by atoms with Crippen LogP contribution in [0.4, 0.5) is 0 Å². The molecule has 268 valence electrons. The minimum atomic E-state index is 0. The summed E-state index contributed by atoms with van der Waals surface area (Å²) in [5.74, 6) is 1.36. The van der Waals surface area contributed by atoms with E-state index in [9.17, 15) is 0 Å². The van der Waals surface area contributed by atoms with Gasteiger partial charge in [-0.1, -0.05) is 140 Å². The van der Waals surface area contributed by atoms with Crippen molar-refractivity contribution in [1.29, 1.82) is 0 Å². The first kappa shape index (κ1) is 43.2. The van der Waals surface area contributed by atoms with Crippen LogP contribution in [0.2, 0.25) is 13.1 Å². The van der Waals surface area contributed by atoms with Crippen LogP contribution in [-0.4, -0.2) is 5.43 Å². The van der Waals surface area contributed by atoms with Crippen molar-refractivity contribution in [3.63, 3.8) is 0 Å². The quantitative estimate of drug-likeness (QED) is 0.124. The van der Waals surface area contributed by atoms with Gasteiger partial charge in [-0.2, -0.15) is 12.1 Å². The Morgan fingerprint density at radius 2 is 1.27 bits per heavy atom. The van der Waals surface area contributed by atoms with Crippen molar-refractivity contribution in [2.45, 2.75) is 111 Å². The molecule has 7 rings (SSSR count). The summed E-state index contributed by atoms with van der Waals surface area (Å²) in [6, 6.07) is 38.9. The summed E-state index contributed by atoms with van der Waals surface area (Å²) in [5.41, 5.74) is 12.8. The second-order valence-corrected chi connectivity index (χ2v) is 25.2. The van der Waals surface area contributed by atoms with Gasteiger partial charge in [0, 0.05) is 0 Å². The zero-order valence-electron chi connectivity index (χ0n) is 32.3. The third-order valence-electron chi connectivity index (χ3n) is 10.0. The summed E-state index contributed by atoms with van der Waals surface area (Å²) in [7, 11) is 0. The Kier molecular flexibility index (Phi) is 16.3. The molecule has 0 aromatic heterocycles. The maximum atomic E-state index is 2.37. The van der Waals surface area contributed by atoms with E-state index in [4.69, 9.17) is 0 Å². The van der Waals surface area contributed by atoms with Crippen molar-refractivity contribution >= 4 is 27.0 Å². The van der Waals surface area contributed by atoms with Crippen LogP contribution in [0.3, 0.4) is 0 Å². The van der Waals surface area contributed by atoms with Gasteiger partial charge in [-0.15, -0.1) is 68.6 Å². The molecule has 0 spiro atoms. The molecular weight excluding hydrogens is 755 g/mol. The first-order valence-corrected chi connectivity index (χ1v) is 24.6. The van der Waals surface area contributed by atoms with Crippen LogP contribution in [0.5, 0.6) is 0 Å². The van der Waals surface area contributed by atoms with Gasteiger partial charge in [-0.3, -0.25) is 0 Å². The van der Waals surface area contributed by atoms with Gasteiger partial charge in [-0.05, 0) is 52.3 Å². The minimum Gasteiger partial charge on any atom is -1.00 e. The zero-order valence-corrected chi connectivity index (χ0v) is 37.2. The molecule has 51 heavy (non-hydrogen) atoms. The normalized spacial score (nSPS) is 13.1. The Balaban J connectivity index is 0.000000241. The fraction of sp³-hybridized carbons (Fsp3) is 0.362. The van der Waals surface area contributed by atoms with Gasteiger partial charge >= 0.3 is 41.9 Å². The first-order valence-electron chi connectivity index (χ1n) is 18.4. The van der Waals surface area contributed by atoms with Crippen LogP contribution in [-0.2, 0) is 28.8 Å². The minimum absolute atomic E-state index is 0. The second-order valence-electron chi connectivity index (χ2n) is 15.8. The number of fused-ring (bicyclic) bond motifs is 2. The van der Waals surface area contributed by atoms with Crippen LogP contribution in [0, 0.1) is 13.8 Å². The van der Waals surface area contributed by atoms with Gasteiger partial charge in [-0.25, -0.2) is 0 Å². The summed E-state index contributed by atoms with van der Waals surface area (Å²) in [4.78, 5) is 0. The monoisotopic (exact) mass is 808 g/mol. The van der Waals surface area contributed by atoms with Gasteiger partial charge in [0.15, 0.2) is 0 Å². The average Bonchev–Trinajstić information content (AvgIpc) is 3.70. The SMILES string of the molecule is CC(C)c1cc2c(-c3ccc(C(C)(C)C)cc3)cccc2[cH-]1.C[Si](C)=[Zr+2].Cc1cc2c(-c3ccc(C4CCCCC4)cc3)ccc(C)c2[cH-]1.[Cl-].[Cl-]. The van der Waals surface area contributed by atoms with Crippen molar-refractivity contribution in [3.8, 4) is 22.3 Å². The van der Waals surface area contributed by atoms with E-state index in [1.807, 2.05) is 0 Å². The maximum Gasteiger partial charge on any atom is -0.0162 e. The van der Waals surface area contributed by atoms with E-state index in [1.54, 1.807) is 23.3 Å². The number of rotatable bonds is 4. The van der Waals surface area contributed by atoms with E-state index in [0.29, 0.717) is 5.92 Å². The number of hydrogen-bond acceptors (Lipinski definition) is 0. The van der Waals surface area contributed by atoms with Gasteiger partial charge < -0.3 is 24.8 Å². The predicted molar refractivity (Wildman–Crippen MR) is 216 cm³/mol. The summed E-state index contributed by atoms with van der Waals surface area (Å²) in [5, 5.41) is 5.51. The molecule has 1 fully saturated rings. The molecule has 1 aliphatic carbocycles. The number of benzene rings is 4. The van der Waals surface area contributed by atoms with Crippen molar-refractivity contribution < 1.29 is 48.1 Å². The molecule has 0 N–H and O–H groups in total. The number of hydrogen-bond donors (Lipinski definition) is 0. The smallest absolute Gasteiger partial charge is 0.0162 e. The fourth-order valence-corrected chi connectivity index (χ4v) is 7.20.